The number of halogens is 3. The van der Waals surface area contributed by atoms with E-state index in [0.29, 0.717) is 0 Å². The lowest BCUT2D eigenvalue weighted by Crippen LogP contribution is -2.25. The molecule has 1 unspecified atom stereocenters. The molecule has 1 aliphatic rings. The first-order valence-electron chi connectivity index (χ1n) is 5.02. The topological polar surface area (TPSA) is 50.4 Å². The zero-order valence-electron chi connectivity index (χ0n) is 9.26. The largest absolute Gasteiger partial charge is 0.480 e. The minimum Gasteiger partial charge on any atom is -0.480 e. The maximum Gasteiger partial charge on any atom is 0.449 e. The summed E-state index contributed by atoms with van der Waals surface area (Å²) >= 11 is 0. The van der Waals surface area contributed by atoms with Crippen molar-refractivity contribution in [3.05, 3.63) is 23.7 Å². The number of aliphatic carboxylic acids is 1. The highest BCUT2D eigenvalue weighted by Gasteiger charge is 2.70. The fraction of sp³-hybridized carbons (Fsp3) is 0.545. The molecule has 1 N–H and O–H groups in total. The Labute approximate surface area is 95.2 Å². The Morgan fingerprint density at radius 1 is 1.41 bits per heavy atom. The summed E-state index contributed by atoms with van der Waals surface area (Å²) in [5, 5.41) is 9.16. The summed E-state index contributed by atoms with van der Waals surface area (Å²) in [5.41, 5.74) is -1.91. The number of carboxylic acids is 1. The minimum atomic E-state index is -4.59. The molecule has 1 atom stereocenters. The van der Waals surface area contributed by atoms with Crippen molar-refractivity contribution in [1.29, 1.82) is 0 Å². The fourth-order valence-corrected chi connectivity index (χ4v) is 2.23. The van der Waals surface area contributed by atoms with Crippen LogP contribution in [-0.2, 0) is 16.4 Å². The highest BCUT2D eigenvalue weighted by Crippen LogP contribution is 2.64. The van der Waals surface area contributed by atoms with Gasteiger partial charge < -0.3 is 9.52 Å². The van der Waals surface area contributed by atoms with E-state index >= 15 is 0 Å². The Morgan fingerprint density at radius 2 is 1.94 bits per heavy atom. The molecule has 0 radical (unpaired) electrons. The number of carboxylic acid groups (broad SMARTS) is 1. The lowest BCUT2D eigenvalue weighted by atomic mass is 9.93. The van der Waals surface area contributed by atoms with Gasteiger partial charge in [-0.2, -0.15) is 13.2 Å². The molecule has 1 aromatic rings. The third-order valence-corrected chi connectivity index (χ3v) is 3.41. The summed E-state index contributed by atoms with van der Waals surface area (Å²) in [6.45, 7) is 3.38. The van der Waals surface area contributed by atoms with Gasteiger partial charge in [-0.25, -0.2) is 0 Å². The van der Waals surface area contributed by atoms with Gasteiger partial charge >= 0.3 is 12.1 Å². The second kappa shape index (κ2) is 3.05. The van der Waals surface area contributed by atoms with Gasteiger partial charge in [0.25, 0.3) is 0 Å². The third kappa shape index (κ3) is 1.54. The van der Waals surface area contributed by atoms with Crippen LogP contribution in [0.4, 0.5) is 13.2 Å². The Bertz CT molecular complexity index is 473. The van der Waals surface area contributed by atoms with Crippen LogP contribution in [0.3, 0.4) is 0 Å². The second-order valence-electron chi connectivity index (χ2n) is 4.93. The van der Waals surface area contributed by atoms with E-state index in [-0.39, 0.29) is 12.2 Å². The number of alkyl halides is 3. The second-order valence-corrected chi connectivity index (χ2v) is 4.93. The lowest BCUT2D eigenvalue weighted by molar-refractivity contribution is -0.155. The van der Waals surface area contributed by atoms with E-state index in [1.807, 2.05) is 0 Å². The van der Waals surface area contributed by atoms with Gasteiger partial charge in [-0.1, -0.05) is 13.8 Å². The predicted octanol–water partition coefficient (Wildman–Crippen LogP) is 3.05. The highest BCUT2D eigenvalue weighted by atomic mass is 19.4. The normalized spacial score (nSPS) is 26.9. The zero-order chi connectivity index (χ0) is 13.1. The molecular weight excluding hydrogens is 237 g/mol. The number of furan rings is 1. The van der Waals surface area contributed by atoms with Crippen LogP contribution in [0.25, 0.3) is 0 Å². The fourth-order valence-electron chi connectivity index (χ4n) is 2.23. The summed E-state index contributed by atoms with van der Waals surface area (Å²) in [6.07, 6.45) is -4.31. The molecule has 0 aromatic carbocycles. The molecule has 0 aliphatic heterocycles. The van der Waals surface area contributed by atoms with E-state index < -0.39 is 28.7 Å². The van der Waals surface area contributed by atoms with Crippen LogP contribution in [0.1, 0.15) is 31.8 Å². The van der Waals surface area contributed by atoms with Crippen molar-refractivity contribution < 1.29 is 27.5 Å². The van der Waals surface area contributed by atoms with Crippen molar-refractivity contribution in [2.75, 3.05) is 0 Å². The Morgan fingerprint density at radius 3 is 2.24 bits per heavy atom. The summed E-state index contributed by atoms with van der Waals surface area (Å²) in [5.74, 6) is -2.43. The first-order chi connectivity index (χ1) is 7.61. The molecule has 6 heteroatoms. The zero-order valence-corrected chi connectivity index (χ0v) is 9.26. The molecule has 1 aromatic heterocycles. The molecule has 1 fully saturated rings. The average molecular weight is 248 g/mol. The van der Waals surface area contributed by atoms with E-state index in [0.717, 1.165) is 12.1 Å². The van der Waals surface area contributed by atoms with Gasteiger partial charge in [0.1, 0.15) is 11.2 Å². The number of hydrogen-bond donors (Lipinski definition) is 1. The summed E-state index contributed by atoms with van der Waals surface area (Å²) in [7, 11) is 0. The molecule has 0 saturated heterocycles. The number of carbonyl (C=O) groups is 1. The molecule has 0 amide bonds. The molecule has 94 valence electrons. The standard InChI is InChI=1S/C11H11F3O3/c1-9(2)5-10(9,8(15)16)6-3-4-7(17-6)11(12,13)14/h3-4H,5H2,1-2H3,(H,15,16). The van der Waals surface area contributed by atoms with Gasteiger partial charge in [0.15, 0.2) is 0 Å². The van der Waals surface area contributed by atoms with Crippen molar-refractivity contribution in [2.45, 2.75) is 31.9 Å². The van der Waals surface area contributed by atoms with Gasteiger partial charge in [-0.3, -0.25) is 4.79 Å². The molecule has 1 aliphatic carbocycles. The Kier molecular flexibility index (Phi) is 2.16. The van der Waals surface area contributed by atoms with Crippen molar-refractivity contribution in [1.82, 2.24) is 0 Å². The minimum absolute atomic E-state index is 0.123. The maximum atomic E-state index is 12.4. The van der Waals surface area contributed by atoms with Crippen LogP contribution in [0, 0.1) is 5.41 Å². The first kappa shape index (κ1) is 12.0. The van der Waals surface area contributed by atoms with Crippen molar-refractivity contribution in [3.63, 3.8) is 0 Å². The Hall–Kier alpha value is -1.46. The van der Waals surface area contributed by atoms with Crippen LogP contribution < -0.4 is 0 Å². The van der Waals surface area contributed by atoms with E-state index in [2.05, 4.69) is 4.42 Å². The smallest absolute Gasteiger partial charge is 0.449 e. The van der Waals surface area contributed by atoms with Gasteiger partial charge in [-0.15, -0.1) is 0 Å². The van der Waals surface area contributed by atoms with Crippen molar-refractivity contribution in [2.24, 2.45) is 5.41 Å². The van der Waals surface area contributed by atoms with Crippen LogP contribution >= 0.6 is 0 Å². The quantitative estimate of drug-likeness (QED) is 0.875. The molecule has 1 heterocycles. The van der Waals surface area contributed by atoms with Gasteiger partial charge in [-0.05, 0) is 24.0 Å². The van der Waals surface area contributed by atoms with Gasteiger partial charge in [0.2, 0.25) is 5.76 Å². The number of rotatable bonds is 2. The molecule has 0 bridgehead atoms. The molecule has 2 rings (SSSR count). The van der Waals surface area contributed by atoms with Crippen molar-refractivity contribution in [3.8, 4) is 0 Å². The summed E-state index contributed by atoms with van der Waals surface area (Å²) in [6, 6.07) is 1.88. The SMILES string of the molecule is CC1(C)CC1(C(=O)O)c1ccc(C(F)(F)F)o1. The molecule has 1 saturated carbocycles. The lowest BCUT2D eigenvalue weighted by Gasteiger charge is -2.12. The van der Waals surface area contributed by atoms with E-state index in [1.165, 1.54) is 0 Å². The maximum absolute atomic E-state index is 12.4. The average Bonchev–Trinajstić information content (AvgIpc) is 2.61. The predicted molar refractivity (Wildman–Crippen MR) is 51.4 cm³/mol. The van der Waals surface area contributed by atoms with Crippen LogP contribution in [0.15, 0.2) is 16.5 Å². The highest BCUT2D eigenvalue weighted by molar-refractivity contribution is 5.86. The van der Waals surface area contributed by atoms with Crippen LogP contribution in [-0.4, -0.2) is 11.1 Å². The van der Waals surface area contributed by atoms with Crippen LogP contribution in [0.5, 0.6) is 0 Å². The van der Waals surface area contributed by atoms with Gasteiger partial charge in [0, 0.05) is 0 Å². The monoisotopic (exact) mass is 248 g/mol. The van der Waals surface area contributed by atoms with Gasteiger partial charge in [0.05, 0.1) is 0 Å². The molecular formula is C11H11F3O3. The van der Waals surface area contributed by atoms with E-state index in [4.69, 9.17) is 5.11 Å². The first-order valence-corrected chi connectivity index (χ1v) is 5.02. The third-order valence-electron chi connectivity index (χ3n) is 3.41. The van der Waals surface area contributed by atoms with E-state index in [1.54, 1.807) is 13.8 Å². The van der Waals surface area contributed by atoms with Crippen molar-refractivity contribution >= 4 is 5.97 Å². The number of hydrogen-bond acceptors (Lipinski definition) is 2. The van der Waals surface area contributed by atoms with E-state index in [9.17, 15) is 18.0 Å². The molecule has 17 heavy (non-hydrogen) atoms. The summed E-state index contributed by atoms with van der Waals surface area (Å²) < 4.78 is 41.8. The van der Waals surface area contributed by atoms with Crippen LogP contribution in [0.2, 0.25) is 0 Å². The Balaban J connectivity index is 2.42. The summed E-state index contributed by atoms with van der Waals surface area (Å²) in [4.78, 5) is 11.2. The molecule has 3 nitrogen and oxygen atoms in total. The molecule has 0 spiro atoms.